The SMILES string of the molecule is CSCCC1(C(=O)O)NC1(CC(=O)O)C(=O)O. The smallest absolute Gasteiger partial charge is 0.327 e. The molecule has 1 aliphatic heterocycles. The van der Waals surface area contributed by atoms with Crippen LogP contribution in [0.2, 0.25) is 0 Å². The third-order valence-corrected chi connectivity index (χ3v) is 3.53. The quantitative estimate of drug-likeness (QED) is 0.450. The number of nitrogens with one attached hydrogen (secondary N) is 1. The Bertz CT molecular complexity index is 372. The van der Waals surface area contributed by atoms with Crippen molar-refractivity contribution in [2.75, 3.05) is 12.0 Å². The normalized spacial score (nSPS) is 30.9. The summed E-state index contributed by atoms with van der Waals surface area (Å²) in [6, 6.07) is 0. The highest BCUT2D eigenvalue weighted by molar-refractivity contribution is 7.98. The van der Waals surface area contributed by atoms with E-state index in [9.17, 15) is 14.4 Å². The van der Waals surface area contributed by atoms with Crippen molar-refractivity contribution in [3.05, 3.63) is 0 Å². The number of carboxylic acid groups (broad SMARTS) is 3. The number of carbonyl (C=O) groups is 3. The zero-order valence-electron chi connectivity index (χ0n) is 9.10. The van der Waals surface area contributed by atoms with Crippen LogP contribution < -0.4 is 5.32 Å². The number of hydrogen-bond donors (Lipinski definition) is 4. The van der Waals surface area contributed by atoms with Crippen molar-refractivity contribution in [3.8, 4) is 0 Å². The van der Waals surface area contributed by atoms with Gasteiger partial charge in [-0.05, 0) is 18.4 Å². The molecule has 7 nitrogen and oxygen atoms in total. The van der Waals surface area contributed by atoms with E-state index in [1.54, 1.807) is 6.26 Å². The molecular weight excluding hydrogens is 250 g/mol. The number of carboxylic acids is 3. The van der Waals surface area contributed by atoms with Crippen LogP contribution in [0.5, 0.6) is 0 Å². The molecule has 96 valence electrons. The molecule has 4 N–H and O–H groups in total. The van der Waals surface area contributed by atoms with Gasteiger partial charge in [-0.3, -0.25) is 19.7 Å². The van der Waals surface area contributed by atoms with Crippen LogP contribution in [-0.4, -0.2) is 56.3 Å². The first-order valence-electron chi connectivity index (χ1n) is 4.79. The van der Waals surface area contributed by atoms with Gasteiger partial charge in [-0.2, -0.15) is 11.8 Å². The fourth-order valence-electron chi connectivity index (χ4n) is 1.94. The van der Waals surface area contributed by atoms with Crippen LogP contribution in [0.15, 0.2) is 0 Å². The first-order chi connectivity index (χ1) is 7.82. The maximum Gasteiger partial charge on any atom is 0.327 e. The van der Waals surface area contributed by atoms with Gasteiger partial charge in [0.15, 0.2) is 5.54 Å². The van der Waals surface area contributed by atoms with Crippen LogP contribution in [0.4, 0.5) is 0 Å². The Labute approximate surface area is 101 Å². The second kappa shape index (κ2) is 4.53. The van der Waals surface area contributed by atoms with E-state index in [0.717, 1.165) is 0 Å². The molecule has 1 saturated heterocycles. The Hall–Kier alpha value is -1.28. The van der Waals surface area contributed by atoms with Gasteiger partial charge in [-0.1, -0.05) is 0 Å². The maximum absolute atomic E-state index is 11.2. The third kappa shape index (κ3) is 2.09. The summed E-state index contributed by atoms with van der Waals surface area (Å²) in [5.74, 6) is -3.67. The van der Waals surface area contributed by atoms with Gasteiger partial charge >= 0.3 is 17.9 Å². The zero-order valence-corrected chi connectivity index (χ0v) is 9.91. The van der Waals surface area contributed by atoms with Crippen LogP contribution >= 0.6 is 11.8 Å². The van der Waals surface area contributed by atoms with Gasteiger partial charge in [0.25, 0.3) is 0 Å². The highest BCUT2D eigenvalue weighted by atomic mass is 32.2. The average Bonchev–Trinajstić information content (AvgIpc) is 2.85. The molecule has 0 aromatic heterocycles. The summed E-state index contributed by atoms with van der Waals surface area (Å²) in [5, 5.41) is 29.2. The number of rotatable bonds is 7. The molecule has 2 atom stereocenters. The van der Waals surface area contributed by atoms with E-state index >= 15 is 0 Å². The minimum absolute atomic E-state index is 0.0725. The van der Waals surface area contributed by atoms with E-state index in [1.807, 2.05) is 0 Å². The van der Waals surface area contributed by atoms with Crippen molar-refractivity contribution in [1.29, 1.82) is 0 Å². The molecule has 0 radical (unpaired) electrons. The van der Waals surface area contributed by atoms with Crippen molar-refractivity contribution in [2.24, 2.45) is 0 Å². The Balaban J connectivity index is 2.99. The van der Waals surface area contributed by atoms with Gasteiger partial charge in [-0.25, -0.2) is 0 Å². The van der Waals surface area contributed by atoms with Crippen molar-refractivity contribution in [1.82, 2.24) is 5.32 Å². The Morgan fingerprint density at radius 1 is 1.12 bits per heavy atom. The lowest BCUT2D eigenvalue weighted by molar-refractivity contribution is -0.150. The van der Waals surface area contributed by atoms with E-state index in [0.29, 0.717) is 5.75 Å². The minimum atomic E-state index is -1.89. The Morgan fingerprint density at radius 2 is 1.65 bits per heavy atom. The zero-order chi connectivity index (χ0) is 13.3. The van der Waals surface area contributed by atoms with Gasteiger partial charge in [0.05, 0.1) is 6.42 Å². The van der Waals surface area contributed by atoms with Crippen molar-refractivity contribution in [2.45, 2.75) is 23.9 Å². The predicted octanol–water partition coefficient (Wildman–Crippen LogP) is -0.536. The average molecular weight is 263 g/mol. The fourth-order valence-corrected chi connectivity index (χ4v) is 2.45. The summed E-state index contributed by atoms with van der Waals surface area (Å²) < 4.78 is 0. The Morgan fingerprint density at radius 3 is 2.00 bits per heavy atom. The number of aliphatic carboxylic acids is 3. The van der Waals surface area contributed by atoms with E-state index in [4.69, 9.17) is 15.3 Å². The molecule has 8 heteroatoms. The summed E-state index contributed by atoms with van der Waals surface area (Å²) in [6.45, 7) is 0. The molecule has 2 unspecified atom stereocenters. The monoisotopic (exact) mass is 263 g/mol. The summed E-state index contributed by atoms with van der Waals surface area (Å²) in [6.07, 6.45) is 1.09. The van der Waals surface area contributed by atoms with Gasteiger partial charge < -0.3 is 15.3 Å². The largest absolute Gasteiger partial charge is 0.481 e. The molecule has 0 aromatic carbocycles. The highest BCUT2D eigenvalue weighted by Gasteiger charge is 2.77. The standard InChI is InChI=1S/C9H13NO6S/c1-17-3-2-8(6(13)14)9(10-8,7(15)16)4-5(11)12/h10H,2-4H2,1H3,(H,11,12)(H,13,14)(H,15,16). The van der Waals surface area contributed by atoms with Crippen LogP contribution in [0.1, 0.15) is 12.8 Å². The summed E-state index contributed by atoms with van der Waals surface area (Å²) >= 11 is 1.37. The lowest BCUT2D eigenvalue weighted by atomic mass is 9.87. The fraction of sp³-hybridized carbons (Fsp3) is 0.667. The van der Waals surface area contributed by atoms with Crippen molar-refractivity contribution in [3.63, 3.8) is 0 Å². The molecule has 1 rings (SSSR count). The molecule has 1 aliphatic rings. The second-order valence-corrected chi connectivity index (χ2v) is 4.84. The topological polar surface area (TPSA) is 134 Å². The maximum atomic E-state index is 11.2. The number of thioether (sulfide) groups is 1. The second-order valence-electron chi connectivity index (χ2n) is 3.86. The molecule has 0 aromatic rings. The van der Waals surface area contributed by atoms with E-state index in [1.165, 1.54) is 11.8 Å². The van der Waals surface area contributed by atoms with Crippen molar-refractivity contribution >= 4 is 29.7 Å². The van der Waals surface area contributed by atoms with Gasteiger partial charge in [-0.15, -0.1) is 0 Å². The van der Waals surface area contributed by atoms with Gasteiger partial charge in [0, 0.05) is 0 Å². The minimum Gasteiger partial charge on any atom is -0.481 e. The van der Waals surface area contributed by atoms with E-state index < -0.39 is 35.4 Å². The van der Waals surface area contributed by atoms with Crippen LogP contribution in [-0.2, 0) is 14.4 Å². The molecule has 0 bridgehead atoms. The molecule has 0 saturated carbocycles. The molecule has 1 heterocycles. The molecule has 0 spiro atoms. The van der Waals surface area contributed by atoms with Crippen LogP contribution in [0, 0.1) is 0 Å². The van der Waals surface area contributed by atoms with E-state index in [2.05, 4.69) is 5.32 Å². The summed E-state index contributed by atoms with van der Waals surface area (Å²) in [4.78, 5) is 32.9. The third-order valence-electron chi connectivity index (χ3n) is 2.92. The highest BCUT2D eigenvalue weighted by Crippen LogP contribution is 2.45. The summed E-state index contributed by atoms with van der Waals surface area (Å²) in [7, 11) is 0. The van der Waals surface area contributed by atoms with Gasteiger partial charge in [0.1, 0.15) is 5.54 Å². The van der Waals surface area contributed by atoms with Crippen molar-refractivity contribution < 1.29 is 29.7 Å². The lowest BCUT2D eigenvalue weighted by Gasteiger charge is -2.14. The van der Waals surface area contributed by atoms with Gasteiger partial charge in [0.2, 0.25) is 0 Å². The molecular formula is C9H13NO6S. The molecule has 17 heavy (non-hydrogen) atoms. The molecule has 0 aliphatic carbocycles. The summed E-state index contributed by atoms with van der Waals surface area (Å²) in [5.41, 5.74) is -3.55. The molecule has 1 fully saturated rings. The first kappa shape index (κ1) is 13.8. The number of hydrogen-bond acceptors (Lipinski definition) is 5. The van der Waals surface area contributed by atoms with Crippen LogP contribution in [0.3, 0.4) is 0 Å². The Kier molecular flexibility index (Phi) is 3.68. The first-order valence-corrected chi connectivity index (χ1v) is 6.18. The molecule has 0 amide bonds. The van der Waals surface area contributed by atoms with E-state index in [-0.39, 0.29) is 6.42 Å². The lowest BCUT2D eigenvalue weighted by Crippen LogP contribution is -2.41. The predicted molar refractivity (Wildman–Crippen MR) is 59.1 cm³/mol. The van der Waals surface area contributed by atoms with Crippen LogP contribution in [0.25, 0.3) is 0 Å².